The van der Waals surface area contributed by atoms with Gasteiger partial charge in [0.25, 0.3) is 5.91 Å². The molecule has 0 radical (unpaired) electrons. The maximum absolute atomic E-state index is 12.7. The largest absolute Gasteiger partial charge is 0.468 e. The summed E-state index contributed by atoms with van der Waals surface area (Å²) in [6.07, 6.45) is 4.42. The molecule has 0 aliphatic carbocycles. The molecule has 1 aliphatic rings. The zero-order valence-electron chi connectivity index (χ0n) is 12.5. The number of thioether (sulfide) groups is 1. The van der Waals surface area contributed by atoms with Crippen molar-refractivity contribution in [2.45, 2.75) is 31.4 Å². The summed E-state index contributed by atoms with van der Waals surface area (Å²) in [6, 6.07) is 3.94. The van der Waals surface area contributed by atoms with Crippen LogP contribution < -0.4 is 0 Å². The molecule has 22 heavy (non-hydrogen) atoms. The number of nitrogens with zero attached hydrogens (tertiary/aromatic N) is 3. The Balaban J connectivity index is 1.67. The summed E-state index contributed by atoms with van der Waals surface area (Å²) in [5, 5.41) is 4.44. The molecule has 0 bridgehead atoms. The minimum absolute atomic E-state index is 0.0825. The van der Waals surface area contributed by atoms with Crippen molar-refractivity contribution >= 4 is 29.2 Å². The molecule has 118 valence electrons. The summed E-state index contributed by atoms with van der Waals surface area (Å²) in [7, 11) is 0. The number of aryl methyl sites for hydroxylation is 1. The third-order valence-corrected chi connectivity index (χ3v) is 5.77. The SMILES string of the molecule is CCCc1nnsc1C(=O)N1CCS[C@@H](c2ccco2)CC1. The number of rotatable bonds is 4. The zero-order valence-corrected chi connectivity index (χ0v) is 14.2. The molecule has 0 aromatic carbocycles. The van der Waals surface area contributed by atoms with Crippen molar-refractivity contribution in [2.75, 3.05) is 18.8 Å². The van der Waals surface area contributed by atoms with E-state index in [1.165, 1.54) is 11.5 Å². The average molecular weight is 337 g/mol. The monoisotopic (exact) mass is 337 g/mol. The maximum Gasteiger partial charge on any atom is 0.267 e. The van der Waals surface area contributed by atoms with E-state index >= 15 is 0 Å². The molecule has 1 aliphatic heterocycles. The van der Waals surface area contributed by atoms with E-state index in [0.717, 1.165) is 49.6 Å². The van der Waals surface area contributed by atoms with Gasteiger partial charge < -0.3 is 9.32 Å². The van der Waals surface area contributed by atoms with Gasteiger partial charge in [-0.05, 0) is 36.5 Å². The number of aromatic nitrogens is 2. The minimum atomic E-state index is 0.0825. The molecule has 3 heterocycles. The standard InChI is InChI=1S/C15H19N3O2S2/c1-2-4-11-14(22-17-16-11)15(19)18-7-6-13(21-10-8-18)12-5-3-9-20-12/h3,5,9,13H,2,4,6-8,10H2,1H3/t13-/m1/s1. The third kappa shape index (κ3) is 3.35. The van der Waals surface area contributed by atoms with Crippen LogP contribution in [-0.4, -0.2) is 39.2 Å². The number of carbonyl (C=O) groups is 1. The fourth-order valence-corrected chi connectivity index (χ4v) is 4.45. The second-order valence-corrected chi connectivity index (χ2v) is 7.32. The lowest BCUT2D eigenvalue weighted by molar-refractivity contribution is 0.0769. The summed E-state index contributed by atoms with van der Waals surface area (Å²) in [4.78, 5) is 15.4. The van der Waals surface area contributed by atoms with Gasteiger partial charge in [0.1, 0.15) is 10.6 Å². The Morgan fingerprint density at radius 1 is 1.50 bits per heavy atom. The molecule has 0 spiro atoms. The molecular formula is C15H19N3O2S2. The van der Waals surface area contributed by atoms with Gasteiger partial charge in [-0.15, -0.1) is 16.9 Å². The molecule has 0 saturated carbocycles. The van der Waals surface area contributed by atoms with E-state index < -0.39 is 0 Å². The van der Waals surface area contributed by atoms with Crippen molar-refractivity contribution in [2.24, 2.45) is 0 Å². The van der Waals surface area contributed by atoms with Gasteiger partial charge >= 0.3 is 0 Å². The third-order valence-electron chi connectivity index (χ3n) is 3.73. The first-order chi connectivity index (χ1) is 10.8. The van der Waals surface area contributed by atoms with Gasteiger partial charge in [-0.3, -0.25) is 4.79 Å². The zero-order chi connectivity index (χ0) is 15.4. The maximum atomic E-state index is 12.7. The molecule has 2 aromatic heterocycles. The molecule has 5 nitrogen and oxygen atoms in total. The van der Waals surface area contributed by atoms with Crippen LogP contribution in [0.15, 0.2) is 22.8 Å². The van der Waals surface area contributed by atoms with Crippen LogP contribution in [0.3, 0.4) is 0 Å². The highest BCUT2D eigenvalue weighted by atomic mass is 32.2. The summed E-state index contributed by atoms with van der Waals surface area (Å²) in [6.45, 7) is 3.61. The van der Waals surface area contributed by atoms with Gasteiger partial charge in [0, 0.05) is 18.8 Å². The molecule has 1 fully saturated rings. The first-order valence-electron chi connectivity index (χ1n) is 7.55. The first kappa shape index (κ1) is 15.6. The predicted octanol–water partition coefficient (Wildman–Crippen LogP) is 3.40. The minimum Gasteiger partial charge on any atom is -0.468 e. The van der Waals surface area contributed by atoms with Gasteiger partial charge in [-0.2, -0.15) is 0 Å². The van der Waals surface area contributed by atoms with Crippen LogP contribution in [0.1, 0.15) is 46.1 Å². The molecule has 3 rings (SSSR count). The smallest absolute Gasteiger partial charge is 0.267 e. The second-order valence-electron chi connectivity index (χ2n) is 5.25. The van der Waals surface area contributed by atoms with Crippen molar-refractivity contribution < 1.29 is 9.21 Å². The second kappa shape index (κ2) is 7.28. The quantitative estimate of drug-likeness (QED) is 0.856. The normalized spacial score (nSPS) is 19.1. The van der Waals surface area contributed by atoms with Crippen LogP contribution in [0.5, 0.6) is 0 Å². The first-order valence-corrected chi connectivity index (χ1v) is 9.37. The fraction of sp³-hybridized carbons (Fsp3) is 0.533. The summed E-state index contributed by atoms with van der Waals surface area (Å²) in [5.41, 5.74) is 0.844. The number of carbonyl (C=O) groups excluding carboxylic acids is 1. The van der Waals surface area contributed by atoms with Crippen LogP contribution in [0.2, 0.25) is 0 Å². The van der Waals surface area contributed by atoms with E-state index in [1.54, 1.807) is 6.26 Å². The molecule has 0 unspecified atom stereocenters. The molecule has 2 aromatic rings. The predicted molar refractivity (Wildman–Crippen MR) is 88.3 cm³/mol. The Bertz CT molecular complexity index is 612. The van der Waals surface area contributed by atoms with Gasteiger partial charge in [-0.25, -0.2) is 0 Å². The van der Waals surface area contributed by atoms with Crippen LogP contribution >= 0.6 is 23.3 Å². The van der Waals surface area contributed by atoms with E-state index in [1.807, 2.05) is 28.8 Å². The van der Waals surface area contributed by atoms with Crippen molar-refractivity contribution in [3.63, 3.8) is 0 Å². The van der Waals surface area contributed by atoms with Crippen molar-refractivity contribution in [3.05, 3.63) is 34.7 Å². The van der Waals surface area contributed by atoms with Crippen molar-refractivity contribution in [1.82, 2.24) is 14.5 Å². The van der Waals surface area contributed by atoms with Crippen LogP contribution in [0, 0.1) is 0 Å². The van der Waals surface area contributed by atoms with Crippen molar-refractivity contribution in [3.8, 4) is 0 Å². The molecule has 7 heteroatoms. The van der Waals surface area contributed by atoms with Gasteiger partial charge in [0.2, 0.25) is 0 Å². The topological polar surface area (TPSA) is 59.2 Å². The number of furan rings is 1. The highest BCUT2D eigenvalue weighted by Crippen LogP contribution is 2.35. The highest BCUT2D eigenvalue weighted by Gasteiger charge is 2.26. The Morgan fingerprint density at radius 3 is 3.18 bits per heavy atom. The lowest BCUT2D eigenvalue weighted by Crippen LogP contribution is -2.33. The fourth-order valence-electron chi connectivity index (χ4n) is 2.59. The Hall–Kier alpha value is -1.34. The van der Waals surface area contributed by atoms with E-state index in [-0.39, 0.29) is 5.91 Å². The van der Waals surface area contributed by atoms with E-state index in [9.17, 15) is 4.79 Å². The van der Waals surface area contributed by atoms with Crippen LogP contribution in [0.4, 0.5) is 0 Å². The van der Waals surface area contributed by atoms with Crippen LogP contribution in [0.25, 0.3) is 0 Å². The van der Waals surface area contributed by atoms with E-state index in [4.69, 9.17) is 4.42 Å². The summed E-state index contributed by atoms with van der Waals surface area (Å²) in [5.74, 6) is 2.01. The molecule has 1 saturated heterocycles. The van der Waals surface area contributed by atoms with E-state index in [0.29, 0.717) is 10.1 Å². The Morgan fingerprint density at radius 2 is 2.41 bits per heavy atom. The lowest BCUT2D eigenvalue weighted by atomic mass is 10.2. The van der Waals surface area contributed by atoms with Gasteiger partial charge in [0.15, 0.2) is 0 Å². The number of hydrogen-bond acceptors (Lipinski definition) is 6. The Kier molecular flexibility index (Phi) is 5.15. The van der Waals surface area contributed by atoms with Crippen LogP contribution in [-0.2, 0) is 6.42 Å². The summed E-state index contributed by atoms with van der Waals surface area (Å²) >= 11 is 3.08. The molecular weight excluding hydrogens is 318 g/mol. The molecule has 0 N–H and O–H groups in total. The lowest BCUT2D eigenvalue weighted by Gasteiger charge is -2.19. The number of hydrogen-bond donors (Lipinski definition) is 0. The van der Waals surface area contributed by atoms with Crippen molar-refractivity contribution in [1.29, 1.82) is 0 Å². The average Bonchev–Trinajstić information content (AvgIpc) is 3.15. The van der Waals surface area contributed by atoms with Gasteiger partial charge in [-0.1, -0.05) is 17.8 Å². The summed E-state index contributed by atoms with van der Waals surface area (Å²) < 4.78 is 9.46. The van der Waals surface area contributed by atoms with E-state index in [2.05, 4.69) is 16.5 Å². The Labute approximate surface area is 138 Å². The van der Waals surface area contributed by atoms with Gasteiger partial charge in [0.05, 0.1) is 17.2 Å². The molecule has 1 atom stereocenters. The molecule has 1 amide bonds. The number of amides is 1. The highest BCUT2D eigenvalue weighted by molar-refractivity contribution is 7.99.